The van der Waals surface area contributed by atoms with Crippen LogP contribution in [-0.4, -0.2) is 34.2 Å². The van der Waals surface area contributed by atoms with Crippen LogP contribution in [0.1, 0.15) is 29.5 Å². The van der Waals surface area contributed by atoms with Gasteiger partial charge >= 0.3 is 6.03 Å². The number of aromatic nitrogens is 2. The number of nitrogens with zero attached hydrogens (tertiary/aromatic N) is 3. The first-order valence-electron chi connectivity index (χ1n) is 8.22. The number of furan rings is 1. The van der Waals surface area contributed by atoms with Crippen molar-refractivity contribution in [3.05, 3.63) is 46.7 Å². The van der Waals surface area contributed by atoms with E-state index in [1.165, 1.54) is 0 Å². The van der Waals surface area contributed by atoms with E-state index < -0.39 is 0 Å². The second kappa shape index (κ2) is 7.10. The van der Waals surface area contributed by atoms with Crippen LogP contribution in [-0.2, 0) is 6.54 Å². The van der Waals surface area contributed by atoms with Crippen molar-refractivity contribution in [2.75, 3.05) is 13.1 Å². The Hall–Kier alpha value is -2.61. The van der Waals surface area contributed by atoms with Crippen molar-refractivity contribution in [3.8, 4) is 11.7 Å². The number of urea groups is 1. The Morgan fingerprint density at radius 3 is 2.88 bits per heavy atom. The summed E-state index contributed by atoms with van der Waals surface area (Å²) in [6.07, 6.45) is 3.20. The SMILES string of the molecule is O=C(NCc1cccs1)N1CCC(c2nnc(-c3ccco3)o2)CC1. The molecule has 130 valence electrons. The van der Waals surface area contributed by atoms with E-state index in [9.17, 15) is 4.79 Å². The van der Waals surface area contributed by atoms with Gasteiger partial charge in [0.05, 0.1) is 12.8 Å². The van der Waals surface area contributed by atoms with Crippen LogP contribution >= 0.6 is 11.3 Å². The highest BCUT2D eigenvalue weighted by molar-refractivity contribution is 7.09. The maximum Gasteiger partial charge on any atom is 0.317 e. The molecule has 7 nitrogen and oxygen atoms in total. The lowest BCUT2D eigenvalue weighted by molar-refractivity contribution is 0.177. The second-order valence-electron chi connectivity index (χ2n) is 5.92. The molecule has 1 N–H and O–H groups in total. The van der Waals surface area contributed by atoms with Gasteiger partial charge in [-0.1, -0.05) is 6.07 Å². The summed E-state index contributed by atoms with van der Waals surface area (Å²) in [5.74, 6) is 1.77. The molecule has 1 saturated heterocycles. The molecule has 0 aliphatic carbocycles. The monoisotopic (exact) mass is 358 g/mol. The van der Waals surface area contributed by atoms with Crippen LogP contribution in [0.15, 0.2) is 44.7 Å². The average molecular weight is 358 g/mol. The second-order valence-corrected chi connectivity index (χ2v) is 6.95. The molecule has 0 saturated carbocycles. The summed E-state index contributed by atoms with van der Waals surface area (Å²) >= 11 is 1.64. The van der Waals surface area contributed by atoms with Gasteiger partial charge in [0.2, 0.25) is 5.89 Å². The fourth-order valence-electron chi connectivity index (χ4n) is 2.92. The summed E-state index contributed by atoms with van der Waals surface area (Å²) in [6.45, 7) is 1.94. The summed E-state index contributed by atoms with van der Waals surface area (Å²) in [5.41, 5.74) is 0. The molecule has 0 radical (unpaired) electrons. The van der Waals surface area contributed by atoms with Gasteiger partial charge in [0.1, 0.15) is 0 Å². The number of nitrogens with one attached hydrogen (secondary N) is 1. The number of rotatable bonds is 4. The number of hydrogen-bond donors (Lipinski definition) is 1. The fraction of sp³-hybridized carbons (Fsp3) is 0.353. The number of thiophene rings is 1. The maximum absolute atomic E-state index is 12.3. The minimum absolute atomic E-state index is 0.0198. The van der Waals surface area contributed by atoms with Crippen LogP contribution < -0.4 is 5.32 Å². The smallest absolute Gasteiger partial charge is 0.317 e. The highest BCUT2D eigenvalue weighted by Crippen LogP contribution is 2.29. The summed E-state index contributed by atoms with van der Waals surface area (Å²) < 4.78 is 11.0. The predicted octanol–water partition coefficient (Wildman–Crippen LogP) is 3.48. The molecule has 25 heavy (non-hydrogen) atoms. The number of amides is 2. The molecule has 4 heterocycles. The van der Waals surface area contributed by atoms with Gasteiger partial charge < -0.3 is 19.1 Å². The molecule has 0 aromatic carbocycles. The molecular weight excluding hydrogens is 340 g/mol. The average Bonchev–Trinajstić information content (AvgIpc) is 3.42. The predicted molar refractivity (Wildman–Crippen MR) is 92.1 cm³/mol. The molecule has 4 rings (SSSR count). The van der Waals surface area contributed by atoms with Crippen molar-refractivity contribution in [1.82, 2.24) is 20.4 Å². The number of likely N-dealkylation sites (tertiary alicyclic amines) is 1. The van der Waals surface area contributed by atoms with Gasteiger partial charge in [-0.05, 0) is 36.4 Å². The Morgan fingerprint density at radius 1 is 1.28 bits per heavy atom. The minimum atomic E-state index is -0.0198. The number of piperidine rings is 1. The Balaban J connectivity index is 1.30. The largest absolute Gasteiger partial charge is 0.459 e. The van der Waals surface area contributed by atoms with Gasteiger partial charge in [0.25, 0.3) is 5.89 Å². The molecule has 1 fully saturated rings. The van der Waals surface area contributed by atoms with Crippen LogP contribution in [0, 0.1) is 0 Å². The number of carbonyl (C=O) groups excluding carboxylic acids is 1. The van der Waals surface area contributed by atoms with Crippen molar-refractivity contribution < 1.29 is 13.6 Å². The van der Waals surface area contributed by atoms with E-state index in [1.807, 2.05) is 22.4 Å². The molecule has 3 aromatic rings. The summed E-state index contributed by atoms with van der Waals surface area (Å²) in [5, 5.41) is 13.2. The van der Waals surface area contributed by atoms with Gasteiger partial charge in [-0.25, -0.2) is 4.79 Å². The number of hydrogen-bond acceptors (Lipinski definition) is 6. The van der Waals surface area contributed by atoms with Crippen LogP contribution in [0.5, 0.6) is 0 Å². The molecule has 0 atom stereocenters. The van der Waals surface area contributed by atoms with Gasteiger partial charge in [0.15, 0.2) is 5.76 Å². The zero-order valence-electron chi connectivity index (χ0n) is 13.6. The molecule has 0 bridgehead atoms. The Labute approximate surface area is 148 Å². The fourth-order valence-corrected chi connectivity index (χ4v) is 3.56. The zero-order valence-corrected chi connectivity index (χ0v) is 14.4. The third kappa shape index (κ3) is 3.58. The first-order chi connectivity index (χ1) is 12.3. The lowest BCUT2D eigenvalue weighted by Gasteiger charge is -2.30. The van der Waals surface area contributed by atoms with E-state index in [0.29, 0.717) is 37.2 Å². The van der Waals surface area contributed by atoms with Crippen LogP contribution in [0.4, 0.5) is 4.79 Å². The first-order valence-corrected chi connectivity index (χ1v) is 9.10. The van der Waals surface area contributed by atoms with Gasteiger partial charge in [0, 0.05) is 23.9 Å². The maximum atomic E-state index is 12.3. The Bertz CT molecular complexity index is 805. The van der Waals surface area contributed by atoms with E-state index >= 15 is 0 Å². The molecule has 3 aromatic heterocycles. The van der Waals surface area contributed by atoms with Crippen molar-refractivity contribution in [2.45, 2.75) is 25.3 Å². The Kier molecular flexibility index (Phi) is 4.51. The zero-order chi connectivity index (χ0) is 17.1. The van der Waals surface area contributed by atoms with E-state index in [0.717, 1.165) is 17.7 Å². The summed E-state index contributed by atoms with van der Waals surface area (Å²) in [7, 11) is 0. The van der Waals surface area contributed by atoms with Crippen LogP contribution in [0.2, 0.25) is 0 Å². The topological polar surface area (TPSA) is 84.4 Å². The van der Waals surface area contributed by atoms with Crippen molar-refractivity contribution in [3.63, 3.8) is 0 Å². The van der Waals surface area contributed by atoms with E-state index in [4.69, 9.17) is 8.83 Å². The quantitative estimate of drug-likeness (QED) is 0.772. The molecule has 1 aliphatic rings. The summed E-state index contributed by atoms with van der Waals surface area (Å²) in [6, 6.07) is 7.56. The normalized spacial score (nSPS) is 15.4. The molecule has 1 aliphatic heterocycles. The first kappa shape index (κ1) is 15.9. The van der Waals surface area contributed by atoms with E-state index in [-0.39, 0.29) is 11.9 Å². The third-order valence-electron chi connectivity index (χ3n) is 4.30. The third-order valence-corrected chi connectivity index (χ3v) is 5.17. The van der Waals surface area contributed by atoms with Gasteiger partial charge in [-0.15, -0.1) is 21.5 Å². The van der Waals surface area contributed by atoms with E-state index in [2.05, 4.69) is 15.5 Å². The lowest BCUT2D eigenvalue weighted by Crippen LogP contribution is -2.43. The van der Waals surface area contributed by atoms with Crippen molar-refractivity contribution >= 4 is 17.4 Å². The highest BCUT2D eigenvalue weighted by Gasteiger charge is 2.27. The molecule has 0 unspecified atom stereocenters. The number of carbonyl (C=O) groups is 1. The molecular formula is C17H18N4O3S. The minimum Gasteiger partial charge on any atom is -0.459 e. The highest BCUT2D eigenvalue weighted by atomic mass is 32.1. The standard InChI is InChI=1S/C17H18N4O3S/c22-17(18-11-13-3-2-10-25-13)21-7-5-12(6-8-21)15-19-20-16(24-15)14-4-1-9-23-14/h1-4,9-10,12H,5-8,11H2,(H,18,22). The molecule has 0 spiro atoms. The molecule has 2 amide bonds. The van der Waals surface area contributed by atoms with Gasteiger partial charge in [-0.2, -0.15) is 0 Å². The lowest BCUT2D eigenvalue weighted by atomic mass is 9.97. The summed E-state index contributed by atoms with van der Waals surface area (Å²) in [4.78, 5) is 15.2. The van der Waals surface area contributed by atoms with E-state index in [1.54, 1.807) is 29.7 Å². The van der Waals surface area contributed by atoms with Crippen LogP contribution in [0.25, 0.3) is 11.7 Å². The molecule has 8 heteroatoms. The van der Waals surface area contributed by atoms with Crippen LogP contribution in [0.3, 0.4) is 0 Å². The van der Waals surface area contributed by atoms with Crippen molar-refractivity contribution in [2.24, 2.45) is 0 Å². The van der Waals surface area contributed by atoms with Gasteiger partial charge in [-0.3, -0.25) is 0 Å². The Morgan fingerprint density at radius 2 is 2.16 bits per heavy atom. The van der Waals surface area contributed by atoms with Crippen molar-refractivity contribution in [1.29, 1.82) is 0 Å².